The maximum absolute atomic E-state index is 11.0. The van der Waals surface area contributed by atoms with E-state index in [9.17, 15) is 10.2 Å². The first-order chi connectivity index (χ1) is 13.2. The third-order valence-corrected chi connectivity index (χ3v) is 10.5. The van der Waals surface area contributed by atoms with Gasteiger partial charge < -0.3 is 10.2 Å². The van der Waals surface area contributed by atoms with Crippen LogP contribution in [0.3, 0.4) is 0 Å². The van der Waals surface area contributed by atoms with Crippen molar-refractivity contribution in [3.63, 3.8) is 0 Å². The summed E-state index contributed by atoms with van der Waals surface area (Å²) in [5.41, 5.74) is 3.71. The lowest BCUT2D eigenvalue weighted by atomic mass is 9.37. The fraction of sp³-hybridized carbons (Fsp3) is 0.769. The Morgan fingerprint density at radius 2 is 1.68 bits per heavy atom. The molecule has 0 radical (unpaired) electrons. The van der Waals surface area contributed by atoms with Crippen molar-refractivity contribution in [1.82, 2.24) is 0 Å². The molecule has 0 bridgehead atoms. The number of aliphatic hydroxyl groups excluding tert-OH is 1. The normalized spacial score (nSPS) is 46.2. The highest BCUT2D eigenvalue weighted by molar-refractivity contribution is 5.46. The molecule has 5 rings (SSSR count). The lowest BCUT2D eigenvalue weighted by Gasteiger charge is -2.68. The van der Waals surface area contributed by atoms with Crippen LogP contribution in [-0.4, -0.2) is 16.8 Å². The summed E-state index contributed by atoms with van der Waals surface area (Å²) in [7, 11) is 0. The molecule has 2 nitrogen and oxygen atoms in total. The number of aliphatic hydroxyl groups is 1. The van der Waals surface area contributed by atoms with Gasteiger partial charge in [0.05, 0.1) is 0 Å². The molecule has 2 N–H and O–H groups in total. The van der Waals surface area contributed by atoms with Gasteiger partial charge in [-0.2, -0.15) is 0 Å². The summed E-state index contributed by atoms with van der Waals surface area (Å²) >= 11 is 0. The van der Waals surface area contributed by atoms with Crippen molar-refractivity contribution < 1.29 is 10.2 Å². The second kappa shape index (κ2) is 5.78. The molecule has 2 heteroatoms. The summed E-state index contributed by atoms with van der Waals surface area (Å²) in [5.74, 6) is 2.31. The number of hydrogen-bond donors (Lipinski definition) is 2. The zero-order chi connectivity index (χ0) is 19.9. The van der Waals surface area contributed by atoms with Crippen molar-refractivity contribution in [1.29, 1.82) is 0 Å². The molecule has 0 unspecified atom stereocenters. The average Bonchev–Trinajstić information content (AvgIpc) is 2.93. The van der Waals surface area contributed by atoms with E-state index in [0.717, 1.165) is 12.3 Å². The molecule has 0 aromatic heterocycles. The second-order valence-corrected chi connectivity index (χ2v) is 11.9. The molecule has 4 aliphatic rings. The van der Waals surface area contributed by atoms with E-state index < -0.39 is 0 Å². The molecule has 1 aromatic carbocycles. The van der Waals surface area contributed by atoms with Crippen LogP contribution in [0, 0.1) is 34.0 Å². The van der Waals surface area contributed by atoms with Gasteiger partial charge in [0.15, 0.2) is 0 Å². The molecular formula is C26H38O2. The highest BCUT2D eigenvalue weighted by Crippen LogP contribution is 2.72. The molecule has 0 amide bonds. The summed E-state index contributed by atoms with van der Waals surface area (Å²) in [4.78, 5) is 0. The molecule has 0 heterocycles. The fourth-order valence-electron chi connectivity index (χ4n) is 9.38. The molecule has 3 fully saturated rings. The number of hydrogen-bond acceptors (Lipinski definition) is 2. The molecule has 6 atom stereocenters. The number of phenolic OH excluding ortho intramolecular Hbond substituents is 1. The first-order valence-electron chi connectivity index (χ1n) is 11.6. The van der Waals surface area contributed by atoms with Gasteiger partial charge in [-0.25, -0.2) is 0 Å². The first-order valence-corrected chi connectivity index (χ1v) is 11.6. The highest BCUT2D eigenvalue weighted by Gasteiger charge is 2.67. The van der Waals surface area contributed by atoms with E-state index in [4.69, 9.17) is 0 Å². The van der Waals surface area contributed by atoms with Gasteiger partial charge >= 0.3 is 0 Å². The number of fused-ring (bicyclic) bond motifs is 7. The summed E-state index contributed by atoms with van der Waals surface area (Å²) in [6.45, 7) is 10.4. The predicted molar refractivity (Wildman–Crippen MR) is 113 cm³/mol. The van der Waals surface area contributed by atoms with Gasteiger partial charge in [-0.05, 0) is 102 Å². The average molecular weight is 383 g/mol. The Labute approximate surface area is 170 Å². The van der Waals surface area contributed by atoms with Crippen molar-refractivity contribution in [2.75, 3.05) is 6.61 Å². The van der Waals surface area contributed by atoms with Gasteiger partial charge in [-0.1, -0.05) is 40.2 Å². The predicted octanol–water partition coefficient (Wildman–Crippen LogP) is 5.84. The smallest absolute Gasteiger partial charge is 0.115 e. The van der Waals surface area contributed by atoms with Gasteiger partial charge in [0, 0.05) is 12.0 Å². The maximum atomic E-state index is 11.0. The van der Waals surface area contributed by atoms with Crippen molar-refractivity contribution >= 4 is 0 Å². The van der Waals surface area contributed by atoms with E-state index in [1.807, 2.05) is 12.1 Å². The Hall–Kier alpha value is -1.02. The molecule has 3 saturated carbocycles. The Morgan fingerprint density at radius 1 is 0.929 bits per heavy atom. The van der Waals surface area contributed by atoms with Crippen LogP contribution in [-0.2, 0) is 11.8 Å². The summed E-state index contributed by atoms with van der Waals surface area (Å²) in [6, 6.07) is 6.02. The van der Waals surface area contributed by atoms with E-state index in [1.54, 1.807) is 0 Å². The minimum atomic E-state index is 0.0420. The molecule has 0 saturated heterocycles. The first kappa shape index (κ1) is 19.0. The molecule has 0 aliphatic heterocycles. The lowest BCUT2D eigenvalue weighted by Crippen LogP contribution is -2.63. The number of benzene rings is 1. The largest absolute Gasteiger partial charge is 0.508 e. The number of phenols is 1. The summed E-state index contributed by atoms with van der Waals surface area (Å²) in [6.07, 6.45) is 9.99. The van der Waals surface area contributed by atoms with Crippen LogP contribution < -0.4 is 0 Å². The maximum Gasteiger partial charge on any atom is 0.115 e. The molecule has 1 aromatic rings. The second-order valence-electron chi connectivity index (χ2n) is 11.9. The fourth-order valence-corrected chi connectivity index (χ4v) is 9.38. The van der Waals surface area contributed by atoms with Crippen LogP contribution >= 0.6 is 0 Å². The third-order valence-electron chi connectivity index (χ3n) is 10.5. The van der Waals surface area contributed by atoms with E-state index in [2.05, 4.69) is 33.8 Å². The SMILES string of the molecule is CC1(C)CCC[C@]2(C)[C@H]3CC[C@@]4(C)c5cc(O)ccc5C[C@H]4[C@]3(CO)CC[C@@H]12. The number of rotatable bonds is 1. The Morgan fingerprint density at radius 3 is 2.43 bits per heavy atom. The van der Waals surface area contributed by atoms with Crippen LogP contribution in [0.4, 0.5) is 0 Å². The third kappa shape index (κ3) is 2.19. The molecule has 0 spiro atoms. The topological polar surface area (TPSA) is 40.5 Å². The quantitative estimate of drug-likeness (QED) is 0.641. The van der Waals surface area contributed by atoms with Crippen molar-refractivity contribution in [3.8, 4) is 5.75 Å². The molecule has 154 valence electrons. The van der Waals surface area contributed by atoms with E-state index >= 15 is 0 Å². The van der Waals surface area contributed by atoms with Gasteiger partial charge in [0.2, 0.25) is 0 Å². The lowest BCUT2D eigenvalue weighted by molar-refractivity contribution is -0.196. The van der Waals surface area contributed by atoms with Gasteiger partial charge in [0.25, 0.3) is 0 Å². The molecular weight excluding hydrogens is 344 g/mol. The van der Waals surface area contributed by atoms with Gasteiger partial charge in [-0.3, -0.25) is 0 Å². The van der Waals surface area contributed by atoms with Crippen LogP contribution in [0.15, 0.2) is 18.2 Å². The standard InChI is InChI=1S/C26H38O2/c1-23(2)10-5-11-25(4)20(23)9-13-26(16-27)21(25)8-12-24(3)19-15-18(28)7-6-17(19)14-22(24)26/h6-7,15,20-22,27-28H,5,8-14,16H2,1-4H3/t20-,21+,22+,24-,25-,26-/m0/s1. The summed E-state index contributed by atoms with van der Waals surface area (Å²) in [5, 5.41) is 21.1. The van der Waals surface area contributed by atoms with E-state index in [-0.39, 0.29) is 10.8 Å². The van der Waals surface area contributed by atoms with Crippen LogP contribution in [0.5, 0.6) is 5.75 Å². The van der Waals surface area contributed by atoms with Crippen LogP contribution in [0.2, 0.25) is 0 Å². The zero-order valence-corrected chi connectivity index (χ0v) is 18.2. The molecule has 28 heavy (non-hydrogen) atoms. The van der Waals surface area contributed by atoms with Crippen molar-refractivity contribution in [2.24, 2.45) is 34.0 Å². The van der Waals surface area contributed by atoms with Crippen LogP contribution in [0.25, 0.3) is 0 Å². The monoisotopic (exact) mass is 382 g/mol. The minimum absolute atomic E-state index is 0.0420. The molecule has 4 aliphatic carbocycles. The van der Waals surface area contributed by atoms with Crippen molar-refractivity contribution in [2.45, 2.75) is 84.5 Å². The van der Waals surface area contributed by atoms with Gasteiger partial charge in [-0.15, -0.1) is 0 Å². The van der Waals surface area contributed by atoms with Gasteiger partial charge in [0.1, 0.15) is 5.75 Å². The zero-order valence-electron chi connectivity index (χ0n) is 18.2. The Bertz CT molecular complexity index is 798. The minimum Gasteiger partial charge on any atom is -0.508 e. The Kier molecular flexibility index (Phi) is 3.91. The Balaban J connectivity index is 1.60. The summed E-state index contributed by atoms with van der Waals surface area (Å²) < 4.78 is 0. The number of aromatic hydroxyl groups is 1. The van der Waals surface area contributed by atoms with E-state index in [1.165, 1.54) is 56.1 Å². The van der Waals surface area contributed by atoms with E-state index in [0.29, 0.717) is 35.0 Å². The van der Waals surface area contributed by atoms with Crippen molar-refractivity contribution in [3.05, 3.63) is 29.3 Å². The highest BCUT2D eigenvalue weighted by atomic mass is 16.3. The van der Waals surface area contributed by atoms with Crippen LogP contribution in [0.1, 0.15) is 83.8 Å².